The van der Waals surface area contributed by atoms with Crippen LogP contribution in [-0.4, -0.2) is 46.2 Å². The van der Waals surface area contributed by atoms with Crippen LogP contribution in [0.2, 0.25) is 0 Å². The summed E-state index contributed by atoms with van der Waals surface area (Å²) in [4.78, 5) is 32.5. The van der Waals surface area contributed by atoms with Crippen LogP contribution >= 0.6 is 0 Å². The summed E-state index contributed by atoms with van der Waals surface area (Å²) in [5.74, 6) is -1.76. The summed E-state index contributed by atoms with van der Waals surface area (Å²) >= 11 is 0. The number of hydrogen-bond donors (Lipinski definition) is 1. The second-order valence-corrected chi connectivity index (χ2v) is 10.0. The topological polar surface area (TPSA) is 107 Å². The Morgan fingerprint density at radius 2 is 1.47 bits per heavy atom. The molecular weight excluding hydrogens is 596 g/mol. The number of hydrogen-bond acceptors (Lipinski definition) is 6. The molecule has 0 saturated carbocycles. The van der Waals surface area contributed by atoms with Gasteiger partial charge in [-0.3, -0.25) is 9.89 Å². The zero-order chi connectivity index (χ0) is 28.6. The number of aliphatic carboxylic acids is 1. The molecule has 1 saturated heterocycles. The number of likely N-dealkylation sites (tertiary alicyclic amines) is 1. The van der Waals surface area contributed by atoms with Gasteiger partial charge in [-0.2, -0.15) is 0 Å². The van der Waals surface area contributed by atoms with E-state index in [2.05, 4.69) is 15.2 Å². The number of benzene rings is 4. The number of aliphatic hydroxyl groups is 1. The average Bonchev–Trinajstić information content (AvgIpc) is 3.47. The molecule has 1 aliphatic rings. The van der Waals surface area contributed by atoms with Gasteiger partial charge in [0.15, 0.2) is 0 Å². The number of carbonyl (C=O) groups is 2. The van der Waals surface area contributed by atoms with E-state index in [4.69, 9.17) is 0 Å². The molecule has 43 heavy (non-hydrogen) atoms. The van der Waals surface area contributed by atoms with Gasteiger partial charge in [0, 0.05) is 28.6 Å². The summed E-state index contributed by atoms with van der Waals surface area (Å²) < 4.78 is 0. The van der Waals surface area contributed by atoms with Crippen molar-refractivity contribution >= 4 is 23.3 Å². The number of amides is 1. The molecule has 1 N–H and O–H groups in total. The third kappa shape index (κ3) is 8.73. The maximum atomic E-state index is 13.6. The van der Waals surface area contributed by atoms with Crippen LogP contribution in [0, 0.1) is 0 Å². The van der Waals surface area contributed by atoms with E-state index in [1.165, 1.54) is 0 Å². The number of aliphatic hydroxyl groups excluding tert-OH is 1. The number of para-hydroxylation sites is 1. The number of nitrogens with zero attached hydrogens (tertiary/aromatic N) is 3. The molecule has 4 aromatic rings. The van der Waals surface area contributed by atoms with Crippen LogP contribution in [0.4, 0.5) is 5.69 Å². The SMILES string of the molecule is O=C([O-])[C@@H](N=C(c1ccccc1)c1ccccc1[N-]C(=O)[C@@H]1CCCN1Cc1ccccc1)[C@@H](O)c1ccccc1.[Na+].[Ni]. The van der Waals surface area contributed by atoms with Crippen LogP contribution in [0.25, 0.3) is 5.32 Å². The van der Waals surface area contributed by atoms with Gasteiger partial charge in [0.25, 0.3) is 0 Å². The van der Waals surface area contributed by atoms with Crippen molar-refractivity contribution in [2.45, 2.75) is 37.6 Å². The van der Waals surface area contributed by atoms with Crippen LogP contribution in [0.3, 0.4) is 0 Å². The van der Waals surface area contributed by atoms with Gasteiger partial charge in [0.05, 0.1) is 23.6 Å². The Kier molecular flexibility index (Phi) is 13.3. The molecule has 1 fully saturated rings. The van der Waals surface area contributed by atoms with Gasteiger partial charge >= 0.3 is 29.6 Å². The Morgan fingerprint density at radius 1 is 0.884 bits per heavy atom. The molecular formula is C34H31N3NaNiO4-. The minimum atomic E-state index is -1.59. The Morgan fingerprint density at radius 3 is 2.12 bits per heavy atom. The summed E-state index contributed by atoms with van der Waals surface area (Å²) in [6.07, 6.45) is 0.185. The number of carboxylic acid groups (broad SMARTS) is 1. The van der Waals surface area contributed by atoms with E-state index < -0.39 is 18.1 Å². The molecule has 5 rings (SSSR count). The summed E-state index contributed by atoms with van der Waals surface area (Å²) in [5.41, 5.74) is 3.35. The van der Waals surface area contributed by atoms with Gasteiger partial charge in [-0.1, -0.05) is 115 Å². The fraction of sp³-hybridized carbons (Fsp3) is 0.206. The van der Waals surface area contributed by atoms with Crippen molar-refractivity contribution in [1.82, 2.24) is 4.90 Å². The minimum absolute atomic E-state index is 0. The monoisotopic (exact) mass is 626 g/mol. The van der Waals surface area contributed by atoms with Gasteiger partial charge in [-0.15, -0.1) is 5.69 Å². The van der Waals surface area contributed by atoms with Crippen molar-refractivity contribution in [2.75, 3.05) is 6.54 Å². The fourth-order valence-corrected chi connectivity index (χ4v) is 5.20. The molecule has 9 heteroatoms. The maximum absolute atomic E-state index is 13.6. The molecule has 3 atom stereocenters. The minimum Gasteiger partial charge on any atom is -0.625 e. The van der Waals surface area contributed by atoms with Crippen molar-refractivity contribution in [3.05, 3.63) is 143 Å². The Labute approximate surface area is 284 Å². The predicted octanol–water partition coefficient (Wildman–Crippen LogP) is 1.57. The maximum Gasteiger partial charge on any atom is 1.00 e. The van der Waals surface area contributed by atoms with Crippen LogP contribution in [0.15, 0.2) is 120 Å². The first-order valence-electron chi connectivity index (χ1n) is 13.7. The molecule has 7 nitrogen and oxygen atoms in total. The Hall–Kier alpha value is -3.10. The second-order valence-electron chi connectivity index (χ2n) is 10.0. The van der Waals surface area contributed by atoms with Gasteiger partial charge in [0.2, 0.25) is 0 Å². The van der Waals surface area contributed by atoms with Gasteiger partial charge in [-0.25, -0.2) is 0 Å². The molecule has 0 spiro atoms. The van der Waals surface area contributed by atoms with E-state index in [1.54, 1.807) is 66.7 Å². The van der Waals surface area contributed by atoms with E-state index in [9.17, 15) is 19.8 Å². The van der Waals surface area contributed by atoms with Crippen molar-refractivity contribution in [2.24, 2.45) is 4.99 Å². The molecule has 1 amide bonds. The molecule has 1 heterocycles. The smallest absolute Gasteiger partial charge is 0.625 e. The number of carbonyl (C=O) groups excluding carboxylic acids is 2. The zero-order valence-electron chi connectivity index (χ0n) is 23.9. The van der Waals surface area contributed by atoms with Crippen LogP contribution < -0.4 is 34.7 Å². The first-order valence-corrected chi connectivity index (χ1v) is 13.7. The standard InChI is InChI=1S/C34H33N3O4.Na.Ni/c38-32(26-17-8-3-9-18-26)31(34(40)41)36-30(25-15-6-2-7-16-25)27-19-10-11-20-28(27)35-33(39)29-21-12-22-37(29)23-24-13-4-1-5-14-24;;/h1-11,13-20,29,31-32,38H,12,21-23H2,(H2,35,36,39,40,41);;/q;+1;/p-2/t29-,31-,32-;;/m0../s1. The quantitative estimate of drug-likeness (QED) is 0.212. The van der Waals surface area contributed by atoms with Crippen molar-refractivity contribution < 1.29 is 65.9 Å². The van der Waals surface area contributed by atoms with Crippen molar-refractivity contribution in [3.63, 3.8) is 0 Å². The van der Waals surface area contributed by atoms with E-state index in [1.807, 2.05) is 48.5 Å². The summed E-state index contributed by atoms with van der Waals surface area (Å²) in [6, 6.07) is 32.7. The largest absolute Gasteiger partial charge is 1.00 e. The van der Waals surface area contributed by atoms with Crippen LogP contribution in [0.5, 0.6) is 0 Å². The van der Waals surface area contributed by atoms with Gasteiger partial charge in [-0.05, 0) is 36.1 Å². The van der Waals surface area contributed by atoms with E-state index in [-0.39, 0.29) is 58.0 Å². The Balaban J connectivity index is 0.00000253. The number of rotatable bonds is 10. The molecule has 0 aliphatic carbocycles. The molecule has 0 aromatic heterocycles. The van der Waals surface area contributed by atoms with Gasteiger partial charge in [0.1, 0.15) is 12.1 Å². The normalized spacial score (nSPS) is 16.3. The molecule has 218 valence electrons. The summed E-state index contributed by atoms with van der Waals surface area (Å²) in [6.45, 7) is 1.47. The first kappa shape index (κ1) is 34.4. The molecule has 0 bridgehead atoms. The average molecular weight is 627 g/mol. The Bertz CT molecular complexity index is 1510. The first-order chi connectivity index (χ1) is 20.0. The summed E-state index contributed by atoms with van der Waals surface area (Å²) in [5, 5.41) is 27.8. The number of carboxylic acids is 1. The van der Waals surface area contributed by atoms with Crippen LogP contribution in [-0.2, 0) is 32.6 Å². The molecule has 0 radical (unpaired) electrons. The third-order valence-corrected chi connectivity index (χ3v) is 7.26. The van der Waals surface area contributed by atoms with E-state index in [0.29, 0.717) is 41.1 Å². The summed E-state index contributed by atoms with van der Waals surface area (Å²) in [7, 11) is 0. The number of aliphatic imine (C=N–C) groups is 1. The molecule has 1 aliphatic heterocycles. The van der Waals surface area contributed by atoms with Crippen LogP contribution in [0.1, 0.15) is 41.2 Å². The second kappa shape index (κ2) is 16.7. The fourth-order valence-electron chi connectivity index (χ4n) is 5.20. The third-order valence-electron chi connectivity index (χ3n) is 7.26. The zero-order valence-corrected chi connectivity index (χ0v) is 26.8. The predicted molar refractivity (Wildman–Crippen MR) is 157 cm³/mol. The van der Waals surface area contributed by atoms with E-state index in [0.717, 1.165) is 18.5 Å². The van der Waals surface area contributed by atoms with Gasteiger partial charge < -0.3 is 25.1 Å². The molecule has 4 aromatic carbocycles. The molecule has 0 unspecified atom stereocenters. The van der Waals surface area contributed by atoms with Crippen molar-refractivity contribution in [3.8, 4) is 0 Å². The van der Waals surface area contributed by atoms with E-state index >= 15 is 0 Å². The van der Waals surface area contributed by atoms with Crippen molar-refractivity contribution in [1.29, 1.82) is 0 Å².